The van der Waals surface area contributed by atoms with Gasteiger partial charge in [0.05, 0.1) is 19.1 Å². The zero-order chi connectivity index (χ0) is 17.4. The number of nitrogens with zero attached hydrogens (tertiary/aromatic N) is 2. The number of hydrogen-bond donors (Lipinski definition) is 1. The van der Waals surface area contributed by atoms with E-state index in [1.807, 2.05) is 7.05 Å². The molecule has 0 bridgehead atoms. The van der Waals surface area contributed by atoms with Gasteiger partial charge in [-0.25, -0.2) is 0 Å². The minimum Gasteiger partial charge on any atom is -0.469 e. The highest BCUT2D eigenvalue weighted by atomic mass is 127. The fourth-order valence-corrected chi connectivity index (χ4v) is 5.83. The molecule has 1 N–H and O–H groups in total. The molecule has 2 heterocycles. The van der Waals surface area contributed by atoms with E-state index >= 15 is 0 Å². The normalized spacial score (nSPS) is 33.4. The van der Waals surface area contributed by atoms with Gasteiger partial charge in [0.2, 0.25) is 0 Å². The number of piperidine rings is 1. The number of guanidine groups is 1. The molecule has 0 aromatic heterocycles. The number of aliphatic imine (C=N–C) groups is 1. The Kier molecular flexibility index (Phi) is 6.37. The molecule has 26 heavy (non-hydrogen) atoms. The molecule has 3 atom stereocenters. The predicted octanol–water partition coefficient (Wildman–Crippen LogP) is 2.41. The average molecular weight is 477 g/mol. The van der Waals surface area contributed by atoms with Crippen molar-refractivity contribution in [2.75, 3.05) is 33.9 Å². The van der Waals surface area contributed by atoms with Gasteiger partial charge < -0.3 is 19.7 Å². The number of ether oxygens (including phenoxy) is 2. The largest absolute Gasteiger partial charge is 0.469 e. The molecule has 2 saturated carbocycles. The van der Waals surface area contributed by atoms with Crippen molar-refractivity contribution in [1.29, 1.82) is 0 Å². The quantitative estimate of drug-likeness (QED) is 0.287. The number of methoxy groups -OCH3 is 1. The smallest absolute Gasteiger partial charge is 0.308 e. The summed E-state index contributed by atoms with van der Waals surface area (Å²) >= 11 is 0. The first-order valence-corrected chi connectivity index (χ1v) is 9.87. The van der Waals surface area contributed by atoms with Crippen LogP contribution in [-0.2, 0) is 14.3 Å². The van der Waals surface area contributed by atoms with Gasteiger partial charge in [-0.1, -0.05) is 12.8 Å². The van der Waals surface area contributed by atoms with Crippen LogP contribution in [0.3, 0.4) is 0 Å². The molecule has 2 aliphatic heterocycles. The number of fused-ring (bicyclic) bond motifs is 2. The van der Waals surface area contributed by atoms with Crippen LogP contribution in [-0.4, -0.2) is 62.8 Å². The zero-order valence-electron chi connectivity index (χ0n) is 15.9. The average Bonchev–Trinajstić information content (AvgIpc) is 3.31. The second-order valence-corrected chi connectivity index (χ2v) is 8.14. The van der Waals surface area contributed by atoms with Crippen LogP contribution in [0.4, 0.5) is 0 Å². The summed E-state index contributed by atoms with van der Waals surface area (Å²) in [6.07, 6.45) is 8.56. The second kappa shape index (κ2) is 8.20. The Morgan fingerprint density at radius 2 is 1.92 bits per heavy atom. The van der Waals surface area contributed by atoms with Crippen molar-refractivity contribution < 1.29 is 14.3 Å². The summed E-state index contributed by atoms with van der Waals surface area (Å²) in [5.41, 5.74) is 0.335. The Hall–Kier alpha value is -0.570. The molecule has 2 saturated heterocycles. The van der Waals surface area contributed by atoms with Crippen molar-refractivity contribution >= 4 is 35.9 Å². The molecule has 148 valence electrons. The van der Waals surface area contributed by atoms with Crippen LogP contribution >= 0.6 is 24.0 Å². The van der Waals surface area contributed by atoms with Crippen LogP contribution in [0.2, 0.25) is 0 Å². The molecule has 4 rings (SSSR count). The SMILES string of the molecule is CN=C(NC1C2CCOC2C12CCCC2)N1CCC(C(=O)OC)CC1.I. The van der Waals surface area contributed by atoms with Gasteiger partial charge in [-0.05, 0) is 32.1 Å². The highest BCUT2D eigenvalue weighted by Crippen LogP contribution is 2.60. The van der Waals surface area contributed by atoms with Gasteiger partial charge in [-0.15, -0.1) is 24.0 Å². The van der Waals surface area contributed by atoms with E-state index in [-0.39, 0.29) is 35.9 Å². The number of carbonyl (C=O) groups excluding carboxylic acids is 1. The van der Waals surface area contributed by atoms with Gasteiger partial charge in [0.1, 0.15) is 0 Å². The Bertz CT molecular complexity index is 542. The molecule has 0 aromatic carbocycles. The number of esters is 1. The molecule has 7 heteroatoms. The monoisotopic (exact) mass is 477 g/mol. The first kappa shape index (κ1) is 20.2. The topological polar surface area (TPSA) is 63.2 Å². The van der Waals surface area contributed by atoms with Crippen LogP contribution < -0.4 is 5.32 Å². The third-order valence-corrected chi connectivity index (χ3v) is 7.11. The predicted molar refractivity (Wildman–Crippen MR) is 111 cm³/mol. The van der Waals surface area contributed by atoms with E-state index in [2.05, 4.69) is 15.2 Å². The summed E-state index contributed by atoms with van der Waals surface area (Å²) in [5.74, 6) is 1.61. The highest BCUT2D eigenvalue weighted by molar-refractivity contribution is 14.0. The first-order valence-electron chi connectivity index (χ1n) is 9.87. The number of carbonyl (C=O) groups is 1. The van der Waals surface area contributed by atoms with Gasteiger partial charge in [-0.2, -0.15) is 0 Å². The number of rotatable bonds is 2. The standard InChI is InChI=1S/C19H31N3O3.HI/c1-20-18(22-10-5-13(6-11-22)17(23)24-2)21-15-14-7-12-25-16(14)19(15)8-3-4-9-19;/h13-16H,3-12H2,1-2H3,(H,20,21);1H. The summed E-state index contributed by atoms with van der Waals surface area (Å²) in [6.45, 7) is 2.64. The van der Waals surface area contributed by atoms with Gasteiger partial charge in [0.25, 0.3) is 0 Å². The maximum Gasteiger partial charge on any atom is 0.308 e. The van der Waals surface area contributed by atoms with Gasteiger partial charge in [-0.3, -0.25) is 9.79 Å². The van der Waals surface area contributed by atoms with Crippen molar-refractivity contribution in [2.45, 2.75) is 57.1 Å². The molecule has 0 radical (unpaired) electrons. The van der Waals surface area contributed by atoms with E-state index in [9.17, 15) is 4.79 Å². The first-order chi connectivity index (χ1) is 12.2. The van der Waals surface area contributed by atoms with Gasteiger partial charge >= 0.3 is 5.97 Å². The molecule has 4 aliphatic rings. The number of hydrogen-bond acceptors (Lipinski definition) is 4. The molecule has 0 amide bonds. The van der Waals surface area contributed by atoms with Gasteiger partial charge in [0, 0.05) is 44.1 Å². The molecule has 2 aliphatic carbocycles. The lowest BCUT2D eigenvalue weighted by molar-refractivity contribution is -0.146. The van der Waals surface area contributed by atoms with Crippen LogP contribution in [0.5, 0.6) is 0 Å². The van der Waals surface area contributed by atoms with Crippen molar-refractivity contribution in [3.63, 3.8) is 0 Å². The lowest BCUT2D eigenvalue weighted by Crippen LogP contribution is -2.69. The molecular formula is C19H32IN3O3. The van der Waals surface area contributed by atoms with Crippen LogP contribution in [0.25, 0.3) is 0 Å². The number of halogens is 1. The van der Waals surface area contributed by atoms with Crippen LogP contribution in [0.15, 0.2) is 4.99 Å². The maximum absolute atomic E-state index is 11.7. The summed E-state index contributed by atoms with van der Waals surface area (Å²) < 4.78 is 11.0. The minimum absolute atomic E-state index is 0. The molecule has 4 fully saturated rings. The second-order valence-electron chi connectivity index (χ2n) is 8.14. The number of nitrogens with one attached hydrogen (secondary N) is 1. The zero-order valence-corrected chi connectivity index (χ0v) is 18.2. The van der Waals surface area contributed by atoms with E-state index in [4.69, 9.17) is 9.47 Å². The molecular weight excluding hydrogens is 445 g/mol. The fourth-order valence-electron chi connectivity index (χ4n) is 5.83. The van der Waals surface area contributed by atoms with E-state index in [1.54, 1.807) is 0 Å². The third-order valence-electron chi connectivity index (χ3n) is 7.11. The molecule has 0 aromatic rings. The Balaban J connectivity index is 0.00000196. The molecule has 1 spiro atoms. The van der Waals surface area contributed by atoms with Crippen molar-refractivity contribution in [2.24, 2.45) is 22.2 Å². The maximum atomic E-state index is 11.7. The van der Waals surface area contributed by atoms with Crippen LogP contribution in [0, 0.1) is 17.3 Å². The van der Waals surface area contributed by atoms with Crippen molar-refractivity contribution in [3.8, 4) is 0 Å². The van der Waals surface area contributed by atoms with Crippen molar-refractivity contribution in [1.82, 2.24) is 10.2 Å². The summed E-state index contributed by atoms with van der Waals surface area (Å²) in [5, 5.41) is 3.81. The van der Waals surface area contributed by atoms with E-state index in [1.165, 1.54) is 39.2 Å². The third kappa shape index (κ3) is 3.23. The summed E-state index contributed by atoms with van der Waals surface area (Å²) in [4.78, 5) is 18.6. The highest BCUT2D eigenvalue weighted by Gasteiger charge is 2.65. The molecule has 6 nitrogen and oxygen atoms in total. The summed E-state index contributed by atoms with van der Waals surface area (Å²) in [6, 6.07) is 0.500. The lowest BCUT2D eigenvalue weighted by atomic mass is 9.54. The van der Waals surface area contributed by atoms with Gasteiger partial charge in [0.15, 0.2) is 5.96 Å². The van der Waals surface area contributed by atoms with E-state index in [0.29, 0.717) is 23.5 Å². The molecule has 3 unspecified atom stereocenters. The summed E-state index contributed by atoms with van der Waals surface area (Å²) in [7, 11) is 3.35. The minimum atomic E-state index is -0.0718. The Morgan fingerprint density at radius 1 is 1.23 bits per heavy atom. The Labute approximate surface area is 173 Å². The fraction of sp³-hybridized carbons (Fsp3) is 0.895. The Morgan fingerprint density at radius 3 is 2.54 bits per heavy atom. The van der Waals surface area contributed by atoms with Crippen molar-refractivity contribution in [3.05, 3.63) is 0 Å². The van der Waals surface area contributed by atoms with E-state index < -0.39 is 0 Å². The lowest BCUT2D eigenvalue weighted by Gasteiger charge is -2.57. The van der Waals surface area contributed by atoms with E-state index in [0.717, 1.165) is 38.5 Å². The number of likely N-dealkylation sites (tertiary alicyclic amines) is 1. The van der Waals surface area contributed by atoms with Crippen LogP contribution in [0.1, 0.15) is 44.9 Å².